The molecular weight excluding hydrogens is 348 g/mol. The summed E-state index contributed by atoms with van der Waals surface area (Å²) in [6.07, 6.45) is 0. The van der Waals surface area contributed by atoms with Gasteiger partial charge in [-0.15, -0.1) is 0 Å². The molecule has 1 N–H and O–H groups in total. The predicted molar refractivity (Wildman–Crippen MR) is 100 cm³/mol. The summed E-state index contributed by atoms with van der Waals surface area (Å²) in [4.78, 5) is 26.4. The van der Waals surface area contributed by atoms with E-state index in [4.69, 9.17) is 14.2 Å². The van der Waals surface area contributed by atoms with Gasteiger partial charge in [-0.1, -0.05) is 6.07 Å². The molecule has 7 heteroatoms. The molecule has 0 aliphatic carbocycles. The van der Waals surface area contributed by atoms with Gasteiger partial charge in [0.1, 0.15) is 11.5 Å². The second-order valence-corrected chi connectivity index (χ2v) is 6.00. The second kappa shape index (κ2) is 9.05. The summed E-state index contributed by atoms with van der Waals surface area (Å²) in [6.45, 7) is 2.11. The van der Waals surface area contributed by atoms with Crippen LogP contribution in [-0.2, 0) is 9.53 Å². The average molecular weight is 370 g/mol. The number of nitrogens with zero attached hydrogens (tertiary/aromatic N) is 1. The molecule has 0 spiro atoms. The molecule has 0 atom stereocenters. The summed E-state index contributed by atoms with van der Waals surface area (Å²) in [5.41, 5.74) is 1.09. The third kappa shape index (κ3) is 5.21. The Hall–Kier alpha value is -3.06. The number of hydrogen-bond acceptors (Lipinski definition) is 5. The lowest BCUT2D eigenvalue weighted by atomic mass is 10.1. The molecule has 1 saturated heterocycles. The lowest BCUT2D eigenvalue weighted by Crippen LogP contribution is -2.40. The van der Waals surface area contributed by atoms with Crippen molar-refractivity contribution in [3.8, 4) is 11.5 Å². The highest BCUT2D eigenvalue weighted by atomic mass is 16.5. The Kier molecular flexibility index (Phi) is 6.27. The SMILES string of the molecule is COc1ccc(OCC(=O)Nc2cccc(C(=O)N3CCOCC3)c2)cc1. The van der Waals surface area contributed by atoms with Crippen LogP contribution in [0.4, 0.5) is 5.69 Å². The highest BCUT2D eigenvalue weighted by Gasteiger charge is 2.18. The lowest BCUT2D eigenvalue weighted by molar-refractivity contribution is -0.118. The molecule has 0 aromatic heterocycles. The first kappa shape index (κ1) is 18.7. The van der Waals surface area contributed by atoms with Crippen molar-refractivity contribution in [1.82, 2.24) is 4.90 Å². The summed E-state index contributed by atoms with van der Waals surface area (Å²) in [6, 6.07) is 13.9. The Balaban J connectivity index is 1.55. The van der Waals surface area contributed by atoms with Crippen molar-refractivity contribution < 1.29 is 23.8 Å². The maximum atomic E-state index is 12.5. The monoisotopic (exact) mass is 370 g/mol. The van der Waals surface area contributed by atoms with Crippen molar-refractivity contribution in [2.24, 2.45) is 0 Å². The van der Waals surface area contributed by atoms with Crippen molar-refractivity contribution in [3.05, 3.63) is 54.1 Å². The summed E-state index contributed by atoms with van der Waals surface area (Å²) < 4.78 is 15.8. The minimum atomic E-state index is -0.304. The molecule has 0 unspecified atom stereocenters. The molecule has 142 valence electrons. The molecule has 1 aliphatic rings. The number of carbonyl (C=O) groups excluding carboxylic acids is 2. The number of methoxy groups -OCH3 is 1. The van der Waals surface area contributed by atoms with Gasteiger partial charge >= 0.3 is 0 Å². The molecule has 7 nitrogen and oxygen atoms in total. The van der Waals surface area contributed by atoms with Crippen molar-refractivity contribution in [2.45, 2.75) is 0 Å². The van der Waals surface area contributed by atoms with Crippen LogP contribution in [0.3, 0.4) is 0 Å². The summed E-state index contributed by atoms with van der Waals surface area (Å²) >= 11 is 0. The Bertz CT molecular complexity index is 785. The van der Waals surface area contributed by atoms with Gasteiger partial charge in [-0.25, -0.2) is 0 Å². The van der Waals surface area contributed by atoms with Crippen LogP contribution in [0.1, 0.15) is 10.4 Å². The molecule has 0 saturated carbocycles. The Morgan fingerprint density at radius 1 is 1.07 bits per heavy atom. The van der Waals surface area contributed by atoms with Crippen molar-refractivity contribution in [1.29, 1.82) is 0 Å². The summed E-state index contributed by atoms with van der Waals surface area (Å²) in [5, 5.41) is 2.75. The van der Waals surface area contributed by atoms with E-state index in [-0.39, 0.29) is 18.4 Å². The van der Waals surface area contributed by atoms with E-state index >= 15 is 0 Å². The van der Waals surface area contributed by atoms with Crippen LogP contribution in [0.2, 0.25) is 0 Å². The third-order valence-corrected chi connectivity index (χ3v) is 4.12. The number of anilines is 1. The van der Waals surface area contributed by atoms with Crippen molar-refractivity contribution in [2.75, 3.05) is 45.3 Å². The molecule has 27 heavy (non-hydrogen) atoms. The maximum absolute atomic E-state index is 12.5. The number of rotatable bonds is 6. The van der Waals surface area contributed by atoms with Gasteiger partial charge in [-0.2, -0.15) is 0 Å². The molecule has 1 aliphatic heterocycles. The van der Waals surface area contributed by atoms with E-state index in [1.165, 1.54) is 0 Å². The van der Waals surface area contributed by atoms with E-state index in [0.717, 1.165) is 0 Å². The summed E-state index contributed by atoms with van der Waals surface area (Å²) in [7, 11) is 1.58. The Labute approximate surface area is 157 Å². The first-order valence-electron chi connectivity index (χ1n) is 8.69. The Morgan fingerprint density at radius 2 is 1.78 bits per heavy atom. The Morgan fingerprint density at radius 3 is 2.48 bits per heavy atom. The lowest BCUT2D eigenvalue weighted by Gasteiger charge is -2.27. The van der Waals surface area contributed by atoms with E-state index in [1.54, 1.807) is 60.5 Å². The molecular formula is C20H22N2O5. The fourth-order valence-corrected chi connectivity index (χ4v) is 2.70. The van der Waals surface area contributed by atoms with Crippen molar-refractivity contribution in [3.63, 3.8) is 0 Å². The fourth-order valence-electron chi connectivity index (χ4n) is 2.70. The number of benzene rings is 2. The molecule has 1 heterocycles. The number of amides is 2. The number of morpholine rings is 1. The van der Waals surface area contributed by atoms with Gasteiger partial charge in [-0.3, -0.25) is 9.59 Å². The van der Waals surface area contributed by atoms with Crippen LogP contribution in [-0.4, -0.2) is 56.7 Å². The van der Waals surface area contributed by atoms with Crippen LogP contribution in [0.15, 0.2) is 48.5 Å². The highest BCUT2D eigenvalue weighted by Crippen LogP contribution is 2.17. The second-order valence-electron chi connectivity index (χ2n) is 6.00. The zero-order valence-electron chi connectivity index (χ0n) is 15.1. The fraction of sp³-hybridized carbons (Fsp3) is 0.300. The zero-order chi connectivity index (χ0) is 19.1. The average Bonchev–Trinajstić information content (AvgIpc) is 2.73. The smallest absolute Gasteiger partial charge is 0.262 e. The predicted octanol–water partition coefficient (Wildman–Crippen LogP) is 2.19. The van der Waals surface area contributed by atoms with Gasteiger partial charge in [0, 0.05) is 24.3 Å². The minimum absolute atomic E-state index is 0.0659. The first-order valence-corrected chi connectivity index (χ1v) is 8.69. The van der Waals surface area contributed by atoms with E-state index in [1.807, 2.05) is 0 Å². The van der Waals surface area contributed by atoms with Crippen LogP contribution in [0, 0.1) is 0 Å². The van der Waals surface area contributed by atoms with Crippen LogP contribution >= 0.6 is 0 Å². The van der Waals surface area contributed by atoms with Gasteiger partial charge in [0.2, 0.25) is 0 Å². The quantitative estimate of drug-likeness (QED) is 0.843. The molecule has 2 amide bonds. The maximum Gasteiger partial charge on any atom is 0.262 e. The van der Waals surface area contributed by atoms with Crippen molar-refractivity contribution >= 4 is 17.5 Å². The first-order chi connectivity index (χ1) is 13.2. The third-order valence-electron chi connectivity index (χ3n) is 4.12. The van der Waals surface area contributed by atoms with E-state index in [0.29, 0.717) is 49.1 Å². The molecule has 3 rings (SSSR count). The topological polar surface area (TPSA) is 77.1 Å². The molecule has 2 aromatic rings. The minimum Gasteiger partial charge on any atom is -0.497 e. The summed E-state index contributed by atoms with van der Waals surface area (Å²) in [5.74, 6) is 0.918. The van der Waals surface area contributed by atoms with Gasteiger partial charge in [0.15, 0.2) is 6.61 Å². The molecule has 0 bridgehead atoms. The van der Waals surface area contributed by atoms with E-state index < -0.39 is 0 Å². The van der Waals surface area contributed by atoms with Gasteiger partial charge in [0.05, 0.1) is 20.3 Å². The number of ether oxygens (including phenoxy) is 3. The number of carbonyl (C=O) groups is 2. The van der Waals surface area contributed by atoms with Crippen LogP contribution < -0.4 is 14.8 Å². The van der Waals surface area contributed by atoms with E-state index in [2.05, 4.69) is 5.32 Å². The molecule has 0 radical (unpaired) electrons. The van der Waals surface area contributed by atoms with Gasteiger partial charge in [0.25, 0.3) is 11.8 Å². The largest absolute Gasteiger partial charge is 0.497 e. The highest BCUT2D eigenvalue weighted by molar-refractivity contribution is 5.97. The zero-order valence-corrected chi connectivity index (χ0v) is 15.1. The van der Waals surface area contributed by atoms with Gasteiger partial charge < -0.3 is 24.4 Å². The number of nitrogens with one attached hydrogen (secondary N) is 1. The standard InChI is InChI=1S/C20H22N2O5/c1-25-17-5-7-18(8-6-17)27-14-19(23)21-16-4-2-3-15(13-16)20(24)22-9-11-26-12-10-22/h2-8,13H,9-12,14H2,1H3,(H,21,23). The molecule has 2 aromatic carbocycles. The number of hydrogen-bond donors (Lipinski definition) is 1. The van der Waals surface area contributed by atoms with E-state index in [9.17, 15) is 9.59 Å². The normalized spacial score (nSPS) is 13.7. The van der Waals surface area contributed by atoms with Crippen LogP contribution in [0.25, 0.3) is 0 Å². The van der Waals surface area contributed by atoms with Crippen LogP contribution in [0.5, 0.6) is 11.5 Å². The molecule has 1 fully saturated rings. The van der Waals surface area contributed by atoms with Gasteiger partial charge in [-0.05, 0) is 42.5 Å².